The molecule has 0 aromatic rings. The Morgan fingerprint density at radius 2 is 2.00 bits per heavy atom. The Bertz CT molecular complexity index is 157. The zero-order chi connectivity index (χ0) is 9.78. The maximum absolute atomic E-state index is 12.4. The van der Waals surface area contributed by atoms with Crippen LogP contribution in [0.2, 0.25) is 0 Å². The summed E-state index contributed by atoms with van der Waals surface area (Å²) in [6, 6.07) is 0. The van der Waals surface area contributed by atoms with E-state index in [1.807, 2.05) is 0 Å². The van der Waals surface area contributed by atoms with Gasteiger partial charge in [0.1, 0.15) is 0 Å². The predicted molar refractivity (Wildman–Crippen MR) is 38.6 cm³/mol. The number of carboxylic acids is 1. The molecule has 0 bridgehead atoms. The zero-order valence-electron chi connectivity index (χ0n) is 8.27. The van der Waals surface area contributed by atoms with Crippen LogP contribution in [0.3, 0.4) is 0 Å². The Kier molecular flexibility index (Phi) is 8.18. The molecule has 0 saturated carbocycles. The summed E-state index contributed by atoms with van der Waals surface area (Å²) in [5.74, 6) is -5.31. The van der Waals surface area contributed by atoms with Crippen LogP contribution in [0.15, 0.2) is 0 Å². The van der Waals surface area contributed by atoms with E-state index < -0.39 is 24.2 Å². The molecule has 0 fully saturated rings. The van der Waals surface area contributed by atoms with E-state index in [1.165, 1.54) is 0 Å². The average molecular weight is 202 g/mol. The molecule has 0 saturated heterocycles. The molecule has 2 nitrogen and oxygen atoms in total. The van der Waals surface area contributed by atoms with Crippen molar-refractivity contribution in [1.29, 1.82) is 0 Å². The Labute approximate surface area is 99.0 Å². The van der Waals surface area contributed by atoms with Gasteiger partial charge in [0.05, 0.1) is 0 Å². The van der Waals surface area contributed by atoms with Crippen molar-refractivity contribution in [1.82, 2.24) is 0 Å². The van der Waals surface area contributed by atoms with Gasteiger partial charge in [0, 0.05) is 18.3 Å². The van der Waals surface area contributed by atoms with E-state index in [1.54, 1.807) is 6.92 Å². The first kappa shape index (κ1) is 15.8. The van der Waals surface area contributed by atoms with Gasteiger partial charge in [0.2, 0.25) is 5.92 Å². The van der Waals surface area contributed by atoms with Crippen LogP contribution in [0.5, 0.6) is 0 Å². The Hall–Kier alpha value is 0.330. The van der Waals surface area contributed by atoms with Gasteiger partial charge in [-0.3, -0.25) is 0 Å². The van der Waals surface area contributed by atoms with Crippen molar-refractivity contribution in [2.24, 2.45) is 5.92 Å². The molecule has 0 rings (SSSR count). The first-order chi connectivity index (χ1) is 5.37. The van der Waals surface area contributed by atoms with Crippen LogP contribution in [-0.4, -0.2) is 11.9 Å². The predicted octanol–water partition coefficient (Wildman–Crippen LogP) is -1.80. The van der Waals surface area contributed by atoms with Crippen LogP contribution >= 0.6 is 0 Å². The smallest absolute Gasteiger partial charge is 0.550 e. The maximum atomic E-state index is 12.4. The fourth-order valence-electron chi connectivity index (χ4n) is 1.08. The van der Waals surface area contributed by atoms with Crippen LogP contribution in [0.4, 0.5) is 8.78 Å². The molecule has 0 aliphatic rings. The number of hydrogen-bond donors (Lipinski definition) is 0. The molecule has 0 spiro atoms. The Morgan fingerprint density at radius 1 is 1.54 bits per heavy atom. The molecule has 13 heavy (non-hydrogen) atoms. The molecule has 0 aliphatic heterocycles. The monoisotopic (exact) mass is 202 g/mol. The summed E-state index contributed by atoms with van der Waals surface area (Å²) in [6.45, 7) is 2.47. The summed E-state index contributed by atoms with van der Waals surface area (Å²) in [7, 11) is 0. The number of rotatable bonds is 5. The third-order valence-corrected chi connectivity index (χ3v) is 1.58. The minimum atomic E-state index is -2.92. The third kappa shape index (κ3) is 8.65. The summed E-state index contributed by atoms with van der Waals surface area (Å²) < 4.78 is 24.7. The SMILES string of the molecule is CCCC(CC(C)(F)F)C(=O)[O-].[Na+]. The molecule has 0 aromatic carbocycles. The van der Waals surface area contributed by atoms with E-state index >= 15 is 0 Å². The molecular formula is C8H13F2NaO2. The normalized spacial score (nSPS) is 13.2. The second-order valence-electron chi connectivity index (χ2n) is 3.08. The number of carbonyl (C=O) groups is 1. The standard InChI is InChI=1S/C8H14F2O2.Na/c1-3-4-6(7(11)12)5-8(2,9)10;/h6H,3-5H2,1-2H3,(H,11,12);/q;+1/p-1. The van der Waals surface area contributed by atoms with E-state index in [0.29, 0.717) is 6.42 Å². The molecular weight excluding hydrogens is 189 g/mol. The molecule has 1 atom stereocenters. The van der Waals surface area contributed by atoms with E-state index in [0.717, 1.165) is 6.92 Å². The van der Waals surface area contributed by atoms with Gasteiger partial charge in [-0.15, -0.1) is 0 Å². The van der Waals surface area contributed by atoms with Gasteiger partial charge in [-0.05, 0) is 13.3 Å². The molecule has 0 heterocycles. The van der Waals surface area contributed by atoms with Crippen molar-refractivity contribution in [2.45, 2.75) is 39.0 Å². The van der Waals surface area contributed by atoms with Crippen molar-refractivity contribution in [3.05, 3.63) is 0 Å². The quantitative estimate of drug-likeness (QED) is 0.494. The summed E-state index contributed by atoms with van der Waals surface area (Å²) in [6.07, 6.45) is 0.212. The van der Waals surface area contributed by atoms with Gasteiger partial charge in [0.25, 0.3) is 0 Å². The van der Waals surface area contributed by atoms with E-state index in [9.17, 15) is 18.7 Å². The number of carboxylic acid groups (broad SMARTS) is 1. The number of aliphatic carboxylic acids is 1. The zero-order valence-corrected chi connectivity index (χ0v) is 10.3. The Balaban J connectivity index is 0. The first-order valence-corrected chi connectivity index (χ1v) is 3.95. The van der Waals surface area contributed by atoms with Crippen molar-refractivity contribution in [3.63, 3.8) is 0 Å². The molecule has 1 unspecified atom stereocenters. The van der Waals surface area contributed by atoms with Crippen LogP contribution in [0.25, 0.3) is 0 Å². The second-order valence-corrected chi connectivity index (χ2v) is 3.08. The Morgan fingerprint density at radius 3 is 2.23 bits per heavy atom. The van der Waals surface area contributed by atoms with Gasteiger partial charge in [-0.1, -0.05) is 13.3 Å². The fourth-order valence-corrected chi connectivity index (χ4v) is 1.08. The molecule has 0 radical (unpaired) electrons. The molecule has 0 amide bonds. The van der Waals surface area contributed by atoms with Crippen LogP contribution in [0.1, 0.15) is 33.1 Å². The molecule has 5 heteroatoms. The van der Waals surface area contributed by atoms with Gasteiger partial charge in [-0.25, -0.2) is 8.78 Å². The van der Waals surface area contributed by atoms with Crippen molar-refractivity contribution in [3.8, 4) is 0 Å². The van der Waals surface area contributed by atoms with Gasteiger partial charge >= 0.3 is 29.6 Å². The second kappa shape index (κ2) is 6.74. The van der Waals surface area contributed by atoms with Gasteiger partial charge in [-0.2, -0.15) is 0 Å². The van der Waals surface area contributed by atoms with Gasteiger partial charge in [0.15, 0.2) is 0 Å². The van der Waals surface area contributed by atoms with Crippen molar-refractivity contribution in [2.75, 3.05) is 0 Å². The number of halogens is 2. The van der Waals surface area contributed by atoms with Crippen LogP contribution in [-0.2, 0) is 4.79 Å². The molecule has 0 aromatic heterocycles. The van der Waals surface area contributed by atoms with E-state index in [2.05, 4.69) is 0 Å². The van der Waals surface area contributed by atoms with E-state index in [4.69, 9.17) is 0 Å². The summed E-state index contributed by atoms with van der Waals surface area (Å²) in [4.78, 5) is 10.3. The minimum Gasteiger partial charge on any atom is -0.550 e. The molecule has 72 valence electrons. The summed E-state index contributed by atoms with van der Waals surface area (Å²) >= 11 is 0. The molecule has 0 aliphatic carbocycles. The topological polar surface area (TPSA) is 40.1 Å². The summed E-state index contributed by atoms with van der Waals surface area (Å²) in [5.41, 5.74) is 0. The fraction of sp³-hybridized carbons (Fsp3) is 0.875. The summed E-state index contributed by atoms with van der Waals surface area (Å²) in [5, 5.41) is 10.3. The third-order valence-electron chi connectivity index (χ3n) is 1.58. The van der Waals surface area contributed by atoms with Crippen molar-refractivity contribution < 1.29 is 48.2 Å². The van der Waals surface area contributed by atoms with Crippen LogP contribution in [0, 0.1) is 5.92 Å². The average Bonchev–Trinajstić information content (AvgIpc) is 1.83. The first-order valence-electron chi connectivity index (χ1n) is 3.95. The number of alkyl halides is 2. The largest absolute Gasteiger partial charge is 1.00 e. The maximum Gasteiger partial charge on any atom is 1.00 e. The molecule has 0 N–H and O–H groups in total. The van der Waals surface area contributed by atoms with Crippen molar-refractivity contribution >= 4 is 5.97 Å². The minimum absolute atomic E-state index is 0. The van der Waals surface area contributed by atoms with Gasteiger partial charge < -0.3 is 9.90 Å². The van der Waals surface area contributed by atoms with Crippen LogP contribution < -0.4 is 34.7 Å². The number of hydrogen-bond acceptors (Lipinski definition) is 2. The number of carbonyl (C=O) groups excluding carboxylic acids is 1. The van der Waals surface area contributed by atoms with E-state index in [-0.39, 0.29) is 36.0 Å².